The molecule has 16 heavy (non-hydrogen) atoms. The van der Waals surface area contributed by atoms with Gasteiger partial charge in [0.05, 0.1) is 0 Å². The Hall–Kier alpha value is -1.59. The third-order valence-electron chi connectivity index (χ3n) is 3.03. The highest BCUT2D eigenvalue weighted by Crippen LogP contribution is 2.21. The summed E-state index contributed by atoms with van der Waals surface area (Å²) in [5.41, 5.74) is -0.0785. The number of rotatable bonds is 2. The number of nitrogens with zero attached hydrogens (tertiary/aromatic N) is 2. The standard InChI is InChI=1S/C10H14N2O4/c1-6-3-2-4-12(6)9(13)8-5-7(10(14)15)11-16-8/h6,8H,2-5H2,1H3,(H,14,15). The van der Waals surface area contributed by atoms with Gasteiger partial charge in [0.2, 0.25) is 6.10 Å². The monoisotopic (exact) mass is 226 g/mol. The minimum atomic E-state index is -1.12. The molecule has 0 aromatic heterocycles. The first kappa shape index (κ1) is 10.9. The van der Waals surface area contributed by atoms with Crippen LogP contribution in [0.4, 0.5) is 0 Å². The topological polar surface area (TPSA) is 79.2 Å². The summed E-state index contributed by atoms with van der Waals surface area (Å²) in [6.07, 6.45) is 1.31. The fraction of sp³-hybridized carbons (Fsp3) is 0.700. The molecule has 1 fully saturated rings. The van der Waals surface area contributed by atoms with Gasteiger partial charge < -0.3 is 14.8 Å². The molecule has 2 unspecified atom stereocenters. The van der Waals surface area contributed by atoms with Crippen LogP contribution in [0.15, 0.2) is 5.16 Å². The molecule has 2 aliphatic rings. The smallest absolute Gasteiger partial charge is 0.353 e. The van der Waals surface area contributed by atoms with E-state index in [2.05, 4.69) is 5.16 Å². The van der Waals surface area contributed by atoms with E-state index in [9.17, 15) is 9.59 Å². The Kier molecular flexibility index (Phi) is 2.80. The van der Waals surface area contributed by atoms with Crippen LogP contribution in [-0.2, 0) is 14.4 Å². The van der Waals surface area contributed by atoms with Crippen LogP contribution in [0.5, 0.6) is 0 Å². The third-order valence-corrected chi connectivity index (χ3v) is 3.03. The maximum absolute atomic E-state index is 12.0. The zero-order valence-corrected chi connectivity index (χ0v) is 9.05. The highest BCUT2D eigenvalue weighted by atomic mass is 16.6. The van der Waals surface area contributed by atoms with Gasteiger partial charge >= 0.3 is 5.97 Å². The van der Waals surface area contributed by atoms with Crippen molar-refractivity contribution in [3.05, 3.63) is 0 Å². The molecule has 2 aliphatic heterocycles. The molecule has 2 atom stereocenters. The second kappa shape index (κ2) is 4.11. The van der Waals surface area contributed by atoms with Gasteiger partial charge in [-0.3, -0.25) is 4.79 Å². The van der Waals surface area contributed by atoms with E-state index in [1.165, 1.54) is 0 Å². The number of hydrogen-bond acceptors (Lipinski definition) is 4. The molecule has 0 radical (unpaired) electrons. The number of amides is 1. The number of aliphatic carboxylic acids is 1. The first-order chi connectivity index (χ1) is 7.59. The number of carbonyl (C=O) groups excluding carboxylic acids is 1. The van der Waals surface area contributed by atoms with Crippen LogP contribution < -0.4 is 0 Å². The van der Waals surface area contributed by atoms with Gasteiger partial charge in [-0.1, -0.05) is 5.16 Å². The molecular weight excluding hydrogens is 212 g/mol. The first-order valence-corrected chi connectivity index (χ1v) is 5.36. The zero-order chi connectivity index (χ0) is 11.7. The van der Waals surface area contributed by atoms with Gasteiger partial charge in [-0.25, -0.2) is 4.79 Å². The predicted molar refractivity (Wildman–Crippen MR) is 55.0 cm³/mol. The summed E-state index contributed by atoms with van der Waals surface area (Å²) in [6.45, 7) is 2.71. The van der Waals surface area contributed by atoms with E-state index >= 15 is 0 Å². The van der Waals surface area contributed by atoms with Crippen molar-refractivity contribution in [1.82, 2.24) is 4.90 Å². The number of carbonyl (C=O) groups is 2. The average molecular weight is 226 g/mol. The molecule has 0 aliphatic carbocycles. The summed E-state index contributed by atoms with van der Waals surface area (Å²) < 4.78 is 0. The Morgan fingerprint density at radius 1 is 1.56 bits per heavy atom. The van der Waals surface area contributed by atoms with Gasteiger partial charge in [0.25, 0.3) is 5.91 Å². The lowest BCUT2D eigenvalue weighted by atomic mass is 10.1. The van der Waals surface area contributed by atoms with Gasteiger partial charge in [0.1, 0.15) is 0 Å². The van der Waals surface area contributed by atoms with Crippen molar-refractivity contribution in [3.63, 3.8) is 0 Å². The maximum Gasteiger partial charge on any atom is 0.353 e. The van der Waals surface area contributed by atoms with Crippen LogP contribution in [0, 0.1) is 0 Å². The second-order valence-corrected chi connectivity index (χ2v) is 4.16. The summed E-state index contributed by atoms with van der Waals surface area (Å²) in [5, 5.41) is 12.1. The highest BCUT2D eigenvalue weighted by Gasteiger charge is 2.37. The first-order valence-electron chi connectivity index (χ1n) is 5.36. The summed E-state index contributed by atoms with van der Waals surface area (Å²) in [4.78, 5) is 29.2. The van der Waals surface area contributed by atoms with Crippen molar-refractivity contribution in [2.75, 3.05) is 6.54 Å². The Morgan fingerprint density at radius 3 is 2.81 bits per heavy atom. The lowest BCUT2D eigenvalue weighted by Crippen LogP contribution is -2.41. The summed E-state index contributed by atoms with van der Waals surface area (Å²) in [6, 6.07) is 0.213. The molecular formula is C10H14N2O4. The van der Waals surface area contributed by atoms with E-state index in [1.54, 1.807) is 4.90 Å². The number of carboxylic acids is 1. The summed E-state index contributed by atoms with van der Waals surface area (Å²) in [7, 11) is 0. The fourth-order valence-corrected chi connectivity index (χ4v) is 2.08. The molecule has 0 aromatic carbocycles. The summed E-state index contributed by atoms with van der Waals surface area (Å²) >= 11 is 0. The second-order valence-electron chi connectivity index (χ2n) is 4.16. The van der Waals surface area contributed by atoms with Crippen molar-refractivity contribution in [1.29, 1.82) is 0 Å². The minimum Gasteiger partial charge on any atom is -0.477 e. The average Bonchev–Trinajstić information content (AvgIpc) is 2.84. The number of likely N-dealkylation sites (tertiary alicyclic amines) is 1. The molecule has 2 heterocycles. The molecule has 0 saturated carbocycles. The Labute approximate surface area is 92.9 Å². The van der Waals surface area contributed by atoms with Crippen molar-refractivity contribution in [2.24, 2.45) is 5.16 Å². The van der Waals surface area contributed by atoms with Gasteiger partial charge in [-0.2, -0.15) is 0 Å². The van der Waals surface area contributed by atoms with Crippen LogP contribution >= 0.6 is 0 Å². The lowest BCUT2D eigenvalue weighted by Gasteiger charge is -2.23. The van der Waals surface area contributed by atoms with Crippen LogP contribution in [-0.4, -0.2) is 46.3 Å². The molecule has 2 rings (SSSR count). The maximum atomic E-state index is 12.0. The number of carboxylic acid groups (broad SMARTS) is 1. The third kappa shape index (κ3) is 1.87. The van der Waals surface area contributed by atoms with Gasteiger partial charge in [-0.15, -0.1) is 0 Å². The molecule has 1 saturated heterocycles. The largest absolute Gasteiger partial charge is 0.477 e. The number of oxime groups is 1. The Bertz CT molecular complexity index is 353. The molecule has 6 nitrogen and oxygen atoms in total. The van der Waals surface area contributed by atoms with Crippen LogP contribution in [0.3, 0.4) is 0 Å². The summed E-state index contributed by atoms with van der Waals surface area (Å²) in [5.74, 6) is -1.27. The van der Waals surface area contributed by atoms with Crippen LogP contribution in [0.1, 0.15) is 26.2 Å². The molecule has 0 spiro atoms. The zero-order valence-electron chi connectivity index (χ0n) is 9.05. The van der Waals surface area contributed by atoms with Gasteiger partial charge in [0.15, 0.2) is 5.71 Å². The fourth-order valence-electron chi connectivity index (χ4n) is 2.08. The Balaban J connectivity index is 1.96. The minimum absolute atomic E-state index is 0.0669. The molecule has 0 aromatic rings. The quantitative estimate of drug-likeness (QED) is 0.730. The van der Waals surface area contributed by atoms with Crippen LogP contribution in [0.25, 0.3) is 0 Å². The van der Waals surface area contributed by atoms with Crippen molar-refractivity contribution in [2.45, 2.75) is 38.3 Å². The molecule has 88 valence electrons. The number of hydrogen-bond donors (Lipinski definition) is 1. The SMILES string of the molecule is CC1CCCN1C(=O)C1CC(C(=O)O)=NO1. The predicted octanol–water partition coefficient (Wildman–Crippen LogP) is 0.227. The van der Waals surface area contributed by atoms with Crippen molar-refractivity contribution >= 4 is 17.6 Å². The molecule has 1 N–H and O–H groups in total. The molecule has 0 bridgehead atoms. The molecule has 1 amide bonds. The van der Waals surface area contributed by atoms with E-state index in [0.29, 0.717) is 0 Å². The van der Waals surface area contributed by atoms with E-state index in [0.717, 1.165) is 19.4 Å². The van der Waals surface area contributed by atoms with E-state index < -0.39 is 12.1 Å². The lowest BCUT2D eigenvalue weighted by molar-refractivity contribution is -0.142. The van der Waals surface area contributed by atoms with Crippen LogP contribution in [0.2, 0.25) is 0 Å². The Morgan fingerprint density at radius 2 is 2.31 bits per heavy atom. The van der Waals surface area contributed by atoms with Gasteiger partial charge in [-0.05, 0) is 19.8 Å². The van der Waals surface area contributed by atoms with E-state index in [-0.39, 0.29) is 24.1 Å². The normalized spacial score (nSPS) is 28.8. The van der Waals surface area contributed by atoms with Crippen molar-refractivity contribution in [3.8, 4) is 0 Å². The van der Waals surface area contributed by atoms with Gasteiger partial charge in [0, 0.05) is 19.0 Å². The highest BCUT2D eigenvalue weighted by molar-refractivity contribution is 6.36. The molecule has 6 heteroatoms. The van der Waals surface area contributed by atoms with E-state index in [4.69, 9.17) is 9.94 Å². The van der Waals surface area contributed by atoms with E-state index in [1.807, 2.05) is 6.92 Å². The van der Waals surface area contributed by atoms with Crippen molar-refractivity contribution < 1.29 is 19.5 Å².